The van der Waals surface area contributed by atoms with Crippen LogP contribution in [0.1, 0.15) is 15.9 Å². The summed E-state index contributed by atoms with van der Waals surface area (Å²) in [6, 6.07) is 7.48. The van der Waals surface area contributed by atoms with Crippen LogP contribution in [0.15, 0.2) is 36.4 Å². The Morgan fingerprint density at radius 3 is 2.42 bits per heavy atom. The Morgan fingerprint density at radius 2 is 1.84 bits per heavy atom. The van der Waals surface area contributed by atoms with Gasteiger partial charge in [-0.2, -0.15) is 0 Å². The number of carbonyl (C=O) groups is 1. The van der Waals surface area contributed by atoms with Gasteiger partial charge in [-0.1, -0.05) is 11.6 Å². The van der Waals surface area contributed by atoms with Crippen LogP contribution in [0, 0.1) is 11.6 Å². The van der Waals surface area contributed by atoms with Crippen molar-refractivity contribution in [2.45, 2.75) is 0 Å². The molecule has 0 aliphatic carbocycles. The molecule has 0 N–H and O–H groups in total. The molecule has 0 atom stereocenters. The van der Waals surface area contributed by atoms with Crippen LogP contribution in [0.3, 0.4) is 0 Å². The number of hydrogen-bond acceptors (Lipinski definition) is 2. The predicted octanol–water partition coefficient (Wildman–Crippen LogP) is 3.86. The Morgan fingerprint density at radius 1 is 1.11 bits per heavy atom. The smallest absolute Gasteiger partial charge is 0.194 e. The van der Waals surface area contributed by atoms with Crippen LogP contribution in [0.5, 0.6) is 5.75 Å². The van der Waals surface area contributed by atoms with Crippen molar-refractivity contribution < 1.29 is 18.3 Å². The van der Waals surface area contributed by atoms with Crippen molar-refractivity contribution >= 4 is 17.4 Å². The Hall–Kier alpha value is -1.94. The van der Waals surface area contributed by atoms with Crippen LogP contribution in [0.25, 0.3) is 0 Å². The molecule has 0 unspecified atom stereocenters. The first-order chi connectivity index (χ1) is 9.02. The summed E-state index contributed by atoms with van der Waals surface area (Å²) in [6.45, 7) is 0. The van der Waals surface area contributed by atoms with Crippen molar-refractivity contribution in [2.75, 3.05) is 7.11 Å². The van der Waals surface area contributed by atoms with Gasteiger partial charge in [0.05, 0.1) is 12.1 Å². The Kier molecular flexibility index (Phi) is 3.81. The Labute approximate surface area is 113 Å². The second kappa shape index (κ2) is 5.36. The van der Waals surface area contributed by atoms with Gasteiger partial charge in [-0.25, -0.2) is 8.78 Å². The number of ketones is 1. The molecular formula is C14H9ClF2O2. The first-order valence-corrected chi connectivity index (χ1v) is 5.74. The van der Waals surface area contributed by atoms with E-state index in [4.69, 9.17) is 16.3 Å². The highest BCUT2D eigenvalue weighted by molar-refractivity contribution is 6.35. The van der Waals surface area contributed by atoms with E-state index >= 15 is 0 Å². The van der Waals surface area contributed by atoms with Gasteiger partial charge in [-0.3, -0.25) is 4.79 Å². The summed E-state index contributed by atoms with van der Waals surface area (Å²) < 4.78 is 30.9. The van der Waals surface area contributed by atoms with Crippen LogP contribution in [0.4, 0.5) is 8.78 Å². The van der Waals surface area contributed by atoms with E-state index in [1.54, 1.807) is 6.07 Å². The second-order valence-electron chi connectivity index (χ2n) is 3.80. The first-order valence-electron chi connectivity index (χ1n) is 5.36. The lowest BCUT2D eigenvalue weighted by Gasteiger charge is -2.06. The van der Waals surface area contributed by atoms with Gasteiger partial charge in [-0.15, -0.1) is 0 Å². The summed E-state index contributed by atoms with van der Waals surface area (Å²) in [4.78, 5) is 12.1. The molecule has 2 aromatic carbocycles. The summed E-state index contributed by atoms with van der Waals surface area (Å²) in [7, 11) is 1.47. The van der Waals surface area contributed by atoms with Crippen LogP contribution >= 0.6 is 11.6 Å². The number of ether oxygens (including phenoxy) is 1. The third kappa shape index (κ3) is 2.74. The molecule has 0 bridgehead atoms. The molecule has 0 amide bonds. The maximum absolute atomic E-state index is 13.1. The average molecular weight is 283 g/mol. The molecule has 2 aromatic rings. The van der Waals surface area contributed by atoms with E-state index in [-0.39, 0.29) is 16.1 Å². The maximum atomic E-state index is 13.1. The van der Waals surface area contributed by atoms with Gasteiger partial charge < -0.3 is 4.74 Å². The van der Waals surface area contributed by atoms with Crippen molar-refractivity contribution in [3.05, 3.63) is 64.2 Å². The molecule has 0 spiro atoms. The predicted molar refractivity (Wildman–Crippen MR) is 67.8 cm³/mol. The second-order valence-corrected chi connectivity index (χ2v) is 4.21. The van der Waals surface area contributed by atoms with Gasteiger partial charge in [0.15, 0.2) is 17.4 Å². The monoisotopic (exact) mass is 282 g/mol. The van der Waals surface area contributed by atoms with Crippen LogP contribution in [-0.2, 0) is 0 Å². The molecular weight excluding hydrogens is 274 g/mol. The van der Waals surface area contributed by atoms with E-state index in [1.807, 2.05) is 0 Å². The highest BCUT2D eigenvalue weighted by atomic mass is 35.5. The molecule has 0 fully saturated rings. The highest BCUT2D eigenvalue weighted by Crippen LogP contribution is 2.25. The molecule has 0 aliphatic rings. The van der Waals surface area contributed by atoms with Crippen molar-refractivity contribution in [3.63, 3.8) is 0 Å². The lowest BCUT2D eigenvalue weighted by molar-refractivity contribution is 0.103. The average Bonchev–Trinajstić information content (AvgIpc) is 2.41. The minimum atomic E-state index is -1.07. The molecule has 19 heavy (non-hydrogen) atoms. The lowest BCUT2D eigenvalue weighted by Crippen LogP contribution is -2.03. The Bertz CT molecular complexity index is 641. The molecule has 0 aliphatic heterocycles. The molecule has 0 heterocycles. The summed E-state index contributed by atoms with van der Waals surface area (Å²) in [6.07, 6.45) is 0. The normalized spacial score (nSPS) is 10.3. The molecule has 0 saturated heterocycles. The van der Waals surface area contributed by atoms with Gasteiger partial charge in [0.25, 0.3) is 0 Å². The van der Waals surface area contributed by atoms with E-state index in [0.29, 0.717) is 5.75 Å². The molecule has 5 heteroatoms. The number of benzene rings is 2. The van der Waals surface area contributed by atoms with E-state index in [9.17, 15) is 13.6 Å². The van der Waals surface area contributed by atoms with Gasteiger partial charge >= 0.3 is 0 Å². The Balaban J connectivity index is 2.41. The van der Waals surface area contributed by atoms with E-state index in [0.717, 1.165) is 12.1 Å². The van der Waals surface area contributed by atoms with Gasteiger partial charge in [-0.05, 0) is 36.4 Å². The SMILES string of the molecule is COc1ccc(C(=O)c2ccc(F)c(F)c2)c(Cl)c1. The molecule has 98 valence electrons. The van der Waals surface area contributed by atoms with Crippen molar-refractivity contribution in [1.29, 1.82) is 0 Å². The maximum Gasteiger partial charge on any atom is 0.194 e. The third-order valence-electron chi connectivity index (χ3n) is 2.60. The first kappa shape index (κ1) is 13.5. The summed E-state index contributed by atoms with van der Waals surface area (Å²) >= 11 is 5.96. The number of halogens is 3. The fourth-order valence-corrected chi connectivity index (χ4v) is 1.86. The van der Waals surface area contributed by atoms with E-state index in [2.05, 4.69) is 0 Å². The zero-order valence-corrected chi connectivity index (χ0v) is 10.7. The van der Waals surface area contributed by atoms with Crippen LogP contribution in [-0.4, -0.2) is 12.9 Å². The zero-order valence-electron chi connectivity index (χ0n) is 9.91. The molecule has 0 saturated carbocycles. The van der Waals surface area contributed by atoms with Crippen molar-refractivity contribution in [2.24, 2.45) is 0 Å². The van der Waals surface area contributed by atoms with E-state index in [1.165, 1.54) is 25.3 Å². The highest BCUT2D eigenvalue weighted by Gasteiger charge is 2.15. The number of methoxy groups -OCH3 is 1. The summed E-state index contributed by atoms with van der Waals surface area (Å²) in [5, 5.41) is 0.189. The van der Waals surface area contributed by atoms with E-state index < -0.39 is 17.4 Å². The van der Waals surface area contributed by atoms with Crippen LogP contribution in [0.2, 0.25) is 5.02 Å². The fraction of sp³-hybridized carbons (Fsp3) is 0.0714. The number of rotatable bonds is 3. The molecule has 0 aromatic heterocycles. The topological polar surface area (TPSA) is 26.3 Å². The van der Waals surface area contributed by atoms with Gasteiger partial charge in [0, 0.05) is 11.1 Å². The lowest BCUT2D eigenvalue weighted by atomic mass is 10.0. The summed E-state index contributed by atoms with van der Waals surface area (Å²) in [5.74, 6) is -2.05. The minimum absolute atomic E-state index is 0.0333. The van der Waals surface area contributed by atoms with Gasteiger partial charge in [0.2, 0.25) is 0 Å². The largest absolute Gasteiger partial charge is 0.497 e. The van der Waals surface area contributed by atoms with Crippen LogP contribution < -0.4 is 4.74 Å². The fourth-order valence-electron chi connectivity index (χ4n) is 1.60. The zero-order chi connectivity index (χ0) is 14.0. The quantitative estimate of drug-likeness (QED) is 0.799. The standard InChI is InChI=1S/C14H9ClF2O2/c1-19-9-3-4-10(11(15)7-9)14(18)8-2-5-12(16)13(17)6-8/h2-7H,1H3. The van der Waals surface area contributed by atoms with Crippen molar-refractivity contribution in [3.8, 4) is 5.75 Å². The molecule has 2 rings (SSSR count). The number of hydrogen-bond donors (Lipinski definition) is 0. The minimum Gasteiger partial charge on any atom is -0.497 e. The molecule has 0 radical (unpaired) electrons. The summed E-state index contributed by atoms with van der Waals surface area (Å²) in [5.41, 5.74) is 0.236. The third-order valence-corrected chi connectivity index (χ3v) is 2.92. The van der Waals surface area contributed by atoms with Crippen molar-refractivity contribution in [1.82, 2.24) is 0 Å². The molecule has 2 nitrogen and oxygen atoms in total. The van der Waals surface area contributed by atoms with Gasteiger partial charge in [0.1, 0.15) is 5.75 Å². The number of carbonyl (C=O) groups excluding carboxylic acids is 1.